The first-order valence-electron chi connectivity index (χ1n) is 4.94. The number of hydrogen-bond donors (Lipinski definition) is 1. The van der Waals surface area contributed by atoms with E-state index >= 15 is 0 Å². The van der Waals surface area contributed by atoms with Crippen molar-refractivity contribution in [3.8, 4) is 0 Å². The second kappa shape index (κ2) is 3.51. The topological polar surface area (TPSA) is 63.6 Å². The molecule has 0 unspecified atom stereocenters. The first kappa shape index (κ1) is 9.71. The predicted octanol–water partition coefficient (Wildman–Crippen LogP) is 1.59. The molecule has 84 valence electrons. The number of benzene rings is 1. The third kappa shape index (κ3) is 1.50. The number of hydrogen-bond acceptors (Lipinski definition) is 3. The average molecular weight is 230 g/mol. The molecule has 3 rings (SSSR count). The van der Waals surface area contributed by atoms with Gasteiger partial charge in [0.2, 0.25) is 0 Å². The maximum absolute atomic E-state index is 13.1. The molecule has 0 amide bonds. The highest BCUT2D eigenvalue weighted by atomic mass is 19.1. The number of nitrogens with one attached hydrogen (secondary N) is 1. The van der Waals surface area contributed by atoms with Crippen molar-refractivity contribution in [1.82, 2.24) is 20.0 Å². The first-order chi connectivity index (χ1) is 8.25. The Balaban J connectivity index is 2.18. The molecule has 1 N–H and O–H groups in total. The van der Waals surface area contributed by atoms with Crippen LogP contribution >= 0.6 is 0 Å². The van der Waals surface area contributed by atoms with E-state index in [1.54, 1.807) is 6.07 Å². The molecule has 2 aromatic heterocycles. The molecule has 0 radical (unpaired) electrons. The van der Waals surface area contributed by atoms with Gasteiger partial charge in [-0.3, -0.25) is 9.89 Å². The van der Waals surface area contributed by atoms with Gasteiger partial charge >= 0.3 is 0 Å². The van der Waals surface area contributed by atoms with Gasteiger partial charge in [-0.1, -0.05) is 0 Å². The summed E-state index contributed by atoms with van der Waals surface area (Å²) in [6, 6.07) is 5.75. The Bertz CT molecular complexity index is 687. The SMILES string of the molecule is O=C(c1n[nH]c2ccc(F)cc12)n1cccn1. The zero-order valence-electron chi connectivity index (χ0n) is 8.59. The molecule has 0 spiro atoms. The summed E-state index contributed by atoms with van der Waals surface area (Å²) < 4.78 is 14.3. The van der Waals surface area contributed by atoms with Crippen LogP contribution in [0.2, 0.25) is 0 Å². The molecular formula is C11H7FN4O. The van der Waals surface area contributed by atoms with Crippen LogP contribution in [0, 0.1) is 5.82 Å². The van der Waals surface area contributed by atoms with Crippen LogP contribution in [-0.2, 0) is 0 Å². The van der Waals surface area contributed by atoms with Gasteiger partial charge in [-0.15, -0.1) is 0 Å². The van der Waals surface area contributed by atoms with E-state index in [1.807, 2.05) is 0 Å². The highest BCUT2D eigenvalue weighted by Crippen LogP contribution is 2.17. The molecule has 0 fully saturated rings. The van der Waals surface area contributed by atoms with Gasteiger partial charge in [-0.25, -0.2) is 9.07 Å². The van der Waals surface area contributed by atoms with Gasteiger partial charge in [-0.05, 0) is 24.3 Å². The fraction of sp³-hybridized carbons (Fsp3) is 0. The second-order valence-corrected chi connectivity index (χ2v) is 3.52. The van der Waals surface area contributed by atoms with Crippen LogP contribution in [0.25, 0.3) is 10.9 Å². The summed E-state index contributed by atoms with van der Waals surface area (Å²) in [6.45, 7) is 0. The third-order valence-corrected chi connectivity index (χ3v) is 2.44. The van der Waals surface area contributed by atoms with E-state index in [2.05, 4.69) is 15.3 Å². The third-order valence-electron chi connectivity index (χ3n) is 2.44. The molecule has 0 atom stereocenters. The van der Waals surface area contributed by atoms with Crippen LogP contribution in [0.5, 0.6) is 0 Å². The average Bonchev–Trinajstić information content (AvgIpc) is 2.97. The lowest BCUT2D eigenvalue weighted by atomic mass is 10.2. The van der Waals surface area contributed by atoms with Crippen molar-refractivity contribution in [1.29, 1.82) is 0 Å². The summed E-state index contributed by atoms with van der Waals surface area (Å²) >= 11 is 0. The number of aromatic amines is 1. The zero-order valence-corrected chi connectivity index (χ0v) is 8.59. The van der Waals surface area contributed by atoms with Crippen molar-refractivity contribution in [2.24, 2.45) is 0 Å². The summed E-state index contributed by atoms with van der Waals surface area (Å²) in [7, 11) is 0. The van der Waals surface area contributed by atoms with Crippen LogP contribution in [0.3, 0.4) is 0 Å². The number of carbonyl (C=O) groups is 1. The Morgan fingerprint density at radius 3 is 3.06 bits per heavy atom. The Kier molecular flexibility index (Phi) is 2.01. The summed E-state index contributed by atoms with van der Waals surface area (Å²) in [5.74, 6) is -0.805. The van der Waals surface area contributed by atoms with Crippen LogP contribution < -0.4 is 0 Å². The Hall–Kier alpha value is -2.50. The standard InChI is InChI=1S/C11H7FN4O/c12-7-2-3-9-8(6-7)10(15-14-9)11(17)16-5-1-4-13-16/h1-6H,(H,14,15). The van der Waals surface area contributed by atoms with Gasteiger partial charge in [0.1, 0.15) is 5.82 Å². The largest absolute Gasteiger partial charge is 0.299 e. The quantitative estimate of drug-likeness (QED) is 0.690. The van der Waals surface area contributed by atoms with E-state index in [9.17, 15) is 9.18 Å². The number of halogens is 1. The molecule has 3 aromatic rings. The van der Waals surface area contributed by atoms with E-state index < -0.39 is 11.7 Å². The van der Waals surface area contributed by atoms with E-state index in [4.69, 9.17) is 0 Å². The van der Waals surface area contributed by atoms with Crippen molar-refractivity contribution in [3.63, 3.8) is 0 Å². The smallest absolute Gasteiger partial charge is 0.277 e. The molecule has 0 aliphatic heterocycles. The van der Waals surface area contributed by atoms with E-state index in [-0.39, 0.29) is 5.69 Å². The number of fused-ring (bicyclic) bond motifs is 1. The Morgan fingerprint density at radius 1 is 1.41 bits per heavy atom. The lowest BCUT2D eigenvalue weighted by molar-refractivity contribution is 0.0941. The summed E-state index contributed by atoms with van der Waals surface area (Å²) in [4.78, 5) is 12.0. The molecular weight excluding hydrogens is 223 g/mol. The molecule has 5 nitrogen and oxygen atoms in total. The number of carbonyl (C=O) groups excluding carboxylic acids is 1. The minimum Gasteiger partial charge on any atom is -0.277 e. The van der Waals surface area contributed by atoms with E-state index in [0.717, 1.165) is 4.68 Å². The second-order valence-electron chi connectivity index (χ2n) is 3.52. The molecule has 0 saturated carbocycles. The maximum Gasteiger partial charge on any atom is 0.299 e. The van der Waals surface area contributed by atoms with Crippen LogP contribution in [0.15, 0.2) is 36.7 Å². The maximum atomic E-state index is 13.1. The number of H-pyrrole nitrogens is 1. The van der Waals surface area contributed by atoms with Gasteiger partial charge in [0.25, 0.3) is 5.91 Å². The van der Waals surface area contributed by atoms with Gasteiger partial charge in [0.05, 0.1) is 5.52 Å². The lowest BCUT2D eigenvalue weighted by Gasteiger charge is -1.96. The van der Waals surface area contributed by atoms with Gasteiger partial charge in [-0.2, -0.15) is 10.2 Å². The molecule has 2 heterocycles. The van der Waals surface area contributed by atoms with Crippen molar-refractivity contribution >= 4 is 16.8 Å². The van der Waals surface area contributed by atoms with Crippen molar-refractivity contribution in [3.05, 3.63) is 48.2 Å². The zero-order chi connectivity index (χ0) is 11.8. The van der Waals surface area contributed by atoms with E-state index in [1.165, 1.54) is 30.6 Å². The number of nitrogens with zero attached hydrogens (tertiary/aromatic N) is 3. The normalized spacial score (nSPS) is 10.9. The van der Waals surface area contributed by atoms with Crippen molar-refractivity contribution < 1.29 is 9.18 Å². The Labute approximate surface area is 94.9 Å². The van der Waals surface area contributed by atoms with Crippen molar-refractivity contribution in [2.45, 2.75) is 0 Å². The minimum absolute atomic E-state index is 0.156. The minimum atomic E-state index is -0.409. The monoisotopic (exact) mass is 230 g/mol. The summed E-state index contributed by atoms with van der Waals surface area (Å²) in [5.41, 5.74) is 0.769. The summed E-state index contributed by atoms with van der Waals surface area (Å²) in [5, 5.41) is 10.8. The molecule has 6 heteroatoms. The van der Waals surface area contributed by atoms with Crippen LogP contribution in [-0.4, -0.2) is 25.9 Å². The van der Waals surface area contributed by atoms with Crippen LogP contribution in [0.1, 0.15) is 10.5 Å². The predicted molar refractivity (Wildman–Crippen MR) is 58.0 cm³/mol. The van der Waals surface area contributed by atoms with Crippen molar-refractivity contribution in [2.75, 3.05) is 0 Å². The van der Waals surface area contributed by atoms with Gasteiger partial charge < -0.3 is 0 Å². The fourth-order valence-electron chi connectivity index (χ4n) is 1.65. The van der Waals surface area contributed by atoms with Crippen LogP contribution in [0.4, 0.5) is 4.39 Å². The highest BCUT2D eigenvalue weighted by molar-refractivity contribution is 6.05. The molecule has 0 aliphatic carbocycles. The number of rotatable bonds is 1. The number of aromatic nitrogens is 4. The van der Waals surface area contributed by atoms with E-state index in [0.29, 0.717) is 10.9 Å². The lowest BCUT2D eigenvalue weighted by Crippen LogP contribution is -2.13. The molecule has 0 bridgehead atoms. The van der Waals surface area contributed by atoms with Gasteiger partial charge in [0, 0.05) is 17.8 Å². The van der Waals surface area contributed by atoms with Gasteiger partial charge in [0.15, 0.2) is 5.69 Å². The fourth-order valence-corrected chi connectivity index (χ4v) is 1.65. The first-order valence-corrected chi connectivity index (χ1v) is 4.94. The Morgan fingerprint density at radius 2 is 2.29 bits per heavy atom. The molecule has 0 saturated heterocycles. The summed E-state index contributed by atoms with van der Waals surface area (Å²) in [6.07, 6.45) is 3.01. The highest BCUT2D eigenvalue weighted by Gasteiger charge is 2.16. The molecule has 0 aliphatic rings. The molecule has 17 heavy (non-hydrogen) atoms. The molecule has 1 aromatic carbocycles.